The Labute approximate surface area is 127 Å². The number of hydrogen-bond donors (Lipinski definition) is 1. The lowest BCUT2D eigenvalue weighted by Gasteiger charge is -2.27. The van der Waals surface area contributed by atoms with Gasteiger partial charge in [-0.25, -0.2) is 4.98 Å². The molecule has 3 nitrogen and oxygen atoms in total. The van der Waals surface area contributed by atoms with Crippen LogP contribution >= 0.6 is 27.5 Å². The Kier molecular flexibility index (Phi) is 4.85. The average molecular weight is 346 g/mol. The van der Waals surface area contributed by atoms with Crippen LogP contribution in [0.25, 0.3) is 0 Å². The molecule has 104 valence electrons. The highest BCUT2D eigenvalue weighted by atomic mass is 79.9. The number of halogens is 2. The molecule has 0 aromatic carbocycles. The average Bonchev–Trinajstić information content (AvgIpc) is 2.88. The van der Waals surface area contributed by atoms with Gasteiger partial charge in [0.2, 0.25) is 0 Å². The second-order valence-electron chi connectivity index (χ2n) is 5.24. The van der Waals surface area contributed by atoms with E-state index >= 15 is 0 Å². The third kappa shape index (κ3) is 3.48. The van der Waals surface area contributed by atoms with Crippen LogP contribution in [0, 0.1) is 5.41 Å². The molecule has 1 aromatic heterocycles. The molecule has 1 amide bonds. The van der Waals surface area contributed by atoms with Gasteiger partial charge in [-0.05, 0) is 46.7 Å². The maximum atomic E-state index is 12.2. The predicted molar refractivity (Wildman–Crippen MR) is 80.5 cm³/mol. The van der Waals surface area contributed by atoms with Crippen molar-refractivity contribution in [2.45, 2.75) is 39.0 Å². The van der Waals surface area contributed by atoms with Crippen LogP contribution in [0.1, 0.15) is 49.4 Å². The molecule has 2 rings (SSSR count). The van der Waals surface area contributed by atoms with Crippen LogP contribution in [0.2, 0.25) is 5.15 Å². The monoisotopic (exact) mass is 344 g/mol. The summed E-state index contributed by atoms with van der Waals surface area (Å²) >= 11 is 9.27. The molecule has 1 fully saturated rings. The second-order valence-corrected chi connectivity index (χ2v) is 6.51. The summed E-state index contributed by atoms with van der Waals surface area (Å²) in [6.45, 7) is 2.93. The summed E-state index contributed by atoms with van der Waals surface area (Å²) in [6.07, 6.45) is 7.63. The fraction of sp³-hybridized carbons (Fsp3) is 0.571. The standard InChI is InChI=1S/C14H18BrClN2O/c1-2-14(5-3-4-6-14)9-18-13(19)11-7-10(15)8-17-12(11)16/h7-8H,2-6,9H2,1H3,(H,18,19). The van der Waals surface area contributed by atoms with Gasteiger partial charge in [0.15, 0.2) is 0 Å². The lowest BCUT2D eigenvalue weighted by Crippen LogP contribution is -2.35. The van der Waals surface area contributed by atoms with Gasteiger partial charge in [-0.2, -0.15) is 0 Å². The molecule has 0 unspecified atom stereocenters. The smallest absolute Gasteiger partial charge is 0.254 e. The quantitative estimate of drug-likeness (QED) is 0.831. The molecule has 19 heavy (non-hydrogen) atoms. The zero-order valence-corrected chi connectivity index (χ0v) is 13.4. The van der Waals surface area contributed by atoms with Crippen LogP contribution < -0.4 is 5.32 Å². The van der Waals surface area contributed by atoms with Gasteiger partial charge >= 0.3 is 0 Å². The number of nitrogens with one attached hydrogen (secondary N) is 1. The highest BCUT2D eigenvalue weighted by Crippen LogP contribution is 2.40. The van der Waals surface area contributed by atoms with E-state index in [4.69, 9.17) is 11.6 Å². The number of rotatable bonds is 4. The zero-order chi connectivity index (χ0) is 13.9. The number of carbonyl (C=O) groups excluding carboxylic acids is 1. The third-order valence-corrected chi connectivity index (χ3v) is 4.82. The fourth-order valence-electron chi connectivity index (χ4n) is 2.73. The number of pyridine rings is 1. The Morgan fingerprint density at radius 2 is 2.21 bits per heavy atom. The first kappa shape index (κ1) is 14.8. The lowest BCUT2D eigenvalue weighted by atomic mass is 9.83. The molecule has 1 aliphatic carbocycles. The number of nitrogens with zero attached hydrogens (tertiary/aromatic N) is 1. The van der Waals surface area contributed by atoms with Crippen LogP contribution in [0.3, 0.4) is 0 Å². The summed E-state index contributed by atoms with van der Waals surface area (Å²) in [5, 5.41) is 3.26. The van der Waals surface area contributed by atoms with Crippen molar-refractivity contribution in [3.63, 3.8) is 0 Å². The number of amides is 1. The largest absolute Gasteiger partial charge is 0.351 e. The van der Waals surface area contributed by atoms with E-state index in [-0.39, 0.29) is 16.5 Å². The Bertz CT molecular complexity index is 473. The van der Waals surface area contributed by atoms with Gasteiger partial charge in [0, 0.05) is 17.2 Å². The Hall–Kier alpha value is -0.610. The van der Waals surface area contributed by atoms with E-state index in [2.05, 4.69) is 33.2 Å². The van der Waals surface area contributed by atoms with Crippen molar-refractivity contribution < 1.29 is 4.79 Å². The summed E-state index contributed by atoms with van der Waals surface area (Å²) < 4.78 is 0.758. The van der Waals surface area contributed by atoms with Crippen LogP contribution in [-0.4, -0.2) is 17.4 Å². The Balaban J connectivity index is 2.03. The van der Waals surface area contributed by atoms with Gasteiger partial charge < -0.3 is 5.32 Å². The van der Waals surface area contributed by atoms with Crippen LogP contribution in [0.5, 0.6) is 0 Å². The van der Waals surface area contributed by atoms with E-state index in [1.807, 2.05) is 0 Å². The number of aromatic nitrogens is 1. The van der Waals surface area contributed by atoms with Crippen molar-refractivity contribution in [2.24, 2.45) is 5.41 Å². The molecule has 0 aliphatic heterocycles. The van der Waals surface area contributed by atoms with Gasteiger partial charge in [0.25, 0.3) is 5.91 Å². The lowest BCUT2D eigenvalue weighted by molar-refractivity contribution is 0.0928. The Morgan fingerprint density at radius 3 is 2.84 bits per heavy atom. The first-order valence-electron chi connectivity index (χ1n) is 6.65. The fourth-order valence-corrected chi connectivity index (χ4v) is 3.25. The van der Waals surface area contributed by atoms with E-state index in [1.165, 1.54) is 25.7 Å². The van der Waals surface area contributed by atoms with E-state index in [0.717, 1.165) is 17.4 Å². The van der Waals surface area contributed by atoms with Crippen molar-refractivity contribution in [1.29, 1.82) is 0 Å². The highest BCUT2D eigenvalue weighted by Gasteiger charge is 2.32. The molecule has 1 N–H and O–H groups in total. The first-order chi connectivity index (χ1) is 9.06. The SMILES string of the molecule is CCC1(CNC(=O)c2cc(Br)cnc2Cl)CCCC1. The van der Waals surface area contributed by atoms with Crippen molar-refractivity contribution in [3.05, 3.63) is 27.5 Å². The second kappa shape index (κ2) is 6.23. The van der Waals surface area contributed by atoms with E-state index in [9.17, 15) is 4.79 Å². The van der Waals surface area contributed by atoms with Crippen molar-refractivity contribution in [2.75, 3.05) is 6.54 Å². The van der Waals surface area contributed by atoms with Gasteiger partial charge in [-0.15, -0.1) is 0 Å². The molecule has 1 heterocycles. The number of carbonyl (C=O) groups is 1. The summed E-state index contributed by atoms with van der Waals surface area (Å²) in [5.74, 6) is -0.140. The van der Waals surface area contributed by atoms with Crippen molar-refractivity contribution >= 4 is 33.4 Å². The molecule has 0 saturated heterocycles. The third-order valence-electron chi connectivity index (χ3n) is 4.09. The molecule has 0 radical (unpaired) electrons. The highest BCUT2D eigenvalue weighted by molar-refractivity contribution is 9.10. The topological polar surface area (TPSA) is 42.0 Å². The molecule has 1 aromatic rings. The van der Waals surface area contributed by atoms with E-state index < -0.39 is 0 Å². The van der Waals surface area contributed by atoms with Crippen LogP contribution in [-0.2, 0) is 0 Å². The molecule has 1 aliphatic rings. The maximum absolute atomic E-state index is 12.2. The molecular weight excluding hydrogens is 328 g/mol. The first-order valence-corrected chi connectivity index (χ1v) is 7.83. The molecule has 0 spiro atoms. The van der Waals surface area contributed by atoms with Crippen molar-refractivity contribution in [1.82, 2.24) is 10.3 Å². The minimum Gasteiger partial charge on any atom is -0.351 e. The molecule has 5 heteroatoms. The maximum Gasteiger partial charge on any atom is 0.254 e. The normalized spacial score (nSPS) is 17.4. The van der Waals surface area contributed by atoms with Gasteiger partial charge in [-0.3, -0.25) is 4.79 Å². The Morgan fingerprint density at radius 1 is 1.53 bits per heavy atom. The minimum atomic E-state index is -0.140. The van der Waals surface area contributed by atoms with Crippen LogP contribution in [0.4, 0.5) is 0 Å². The van der Waals surface area contributed by atoms with Gasteiger partial charge in [0.1, 0.15) is 5.15 Å². The molecular formula is C14H18BrClN2O. The van der Waals surface area contributed by atoms with Gasteiger partial charge in [-0.1, -0.05) is 31.4 Å². The summed E-state index contributed by atoms with van der Waals surface area (Å²) in [7, 11) is 0. The molecule has 0 bridgehead atoms. The van der Waals surface area contributed by atoms with E-state index in [1.54, 1.807) is 12.3 Å². The van der Waals surface area contributed by atoms with Crippen LogP contribution in [0.15, 0.2) is 16.7 Å². The predicted octanol–water partition coefficient (Wildman–Crippen LogP) is 4.20. The van der Waals surface area contributed by atoms with E-state index in [0.29, 0.717) is 5.56 Å². The zero-order valence-electron chi connectivity index (χ0n) is 11.0. The van der Waals surface area contributed by atoms with Crippen molar-refractivity contribution in [3.8, 4) is 0 Å². The summed E-state index contributed by atoms with van der Waals surface area (Å²) in [4.78, 5) is 16.2. The number of hydrogen-bond acceptors (Lipinski definition) is 2. The summed E-state index contributed by atoms with van der Waals surface area (Å²) in [6, 6.07) is 1.71. The minimum absolute atomic E-state index is 0.140. The molecule has 0 atom stereocenters. The van der Waals surface area contributed by atoms with Gasteiger partial charge in [0.05, 0.1) is 5.56 Å². The summed E-state index contributed by atoms with van der Waals surface area (Å²) in [5.41, 5.74) is 0.710. The molecule has 1 saturated carbocycles.